The third kappa shape index (κ3) is 4.43. The van der Waals surface area contributed by atoms with Crippen molar-refractivity contribution in [3.8, 4) is 17.2 Å². The summed E-state index contributed by atoms with van der Waals surface area (Å²) in [5.74, 6) is 0.476. The molecule has 1 aliphatic heterocycles. The number of rotatable bonds is 6. The summed E-state index contributed by atoms with van der Waals surface area (Å²) >= 11 is 0. The number of hydrogen-bond acceptors (Lipinski definition) is 6. The highest BCUT2D eigenvalue weighted by Crippen LogP contribution is 2.33. The van der Waals surface area contributed by atoms with E-state index in [1.165, 1.54) is 13.2 Å². The highest BCUT2D eigenvalue weighted by atomic mass is 16.7. The lowest BCUT2D eigenvalue weighted by atomic mass is 10.1. The Morgan fingerprint density at radius 1 is 1.11 bits per heavy atom. The fourth-order valence-electron chi connectivity index (χ4n) is 2.62. The number of methoxy groups -OCH3 is 1. The number of nitrogens with one attached hydrogen (secondary N) is 1. The van der Waals surface area contributed by atoms with E-state index in [4.69, 9.17) is 18.9 Å². The Kier molecular flexibility index (Phi) is 5.84. The van der Waals surface area contributed by atoms with Crippen LogP contribution in [-0.2, 0) is 9.53 Å². The molecule has 0 saturated carbocycles. The normalized spacial score (nSPS) is 12.6. The summed E-state index contributed by atoms with van der Waals surface area (Å²) < 4.78 is 21.1. The summed E-state index contributed by atoms with van der Waals surface area (Å²) in [5.41, 5.74) is 0.961. The van der Waals surface area contributed by atoms with Gasteiger partial charge in [-0.3, -0.25) is 4.79 Å². The number of carbonyl (C=O) groups excluding carboxylic acids is 2. The van der Waals surface area contributed by atoms with Gasteiger partial charge in [0.15, 0.2) is 11.5 Å². The zero-order chi connectivity index (χ0) is 20.1. The number of amides is 1. The molecule has 0 spiro atoms. The fraction of sp³-hybridized carbons (Fsp3) is 0.238. The molecule has 7 nitrogen and oxygen atoms in total. The smallest absolute Gasteiger partial charge is 0.355 e. The molecule has 0 radical (unpaired) electrons. The number of hydrogen-bond donors (Lipinski definition) is 1. The van der Waals surface area contributed by atoms with Crippen molar-refractivity contribution in [3.05, 3.63) is 59.3 Å². The van der Waals surface area contributed by atoms with Crippen molar-refractivity contribution >= 4 is 18.0 Å². The summed E-state index contributed by atoms with van der Waals surface area (Å²) in [4.78, 5) is 25.2. The predicted octanol–water partition coefficient (Wildman–Crippen LogP) is 3.15. The molecule has 0 fully saturated rings. The second kappa shape index (κ2) is 8.47. The number of ether oxygens (including phenoxy) is 4. The lowest BCUT2D eigenvalue weighted by Gasteiger charge is -2.14. The van der Waals surface area contributed by atoms with E-state index in [0.29, 0.717) is 28.4 Å². The highest BCUT2D eigenvalue weighted by molar-refractivity contribution is 6.04. The average Bonchev–Trinajstić information content (AvgIpc) is 3.14. The number of fused-ring (bicyclic) bond motifs is 1. The van der Waals surface area contributed by atoms with E-state index in [1.807, 2.05) is 0 Å². The molecule has 3 rings (SSSR count). The Labute approximate surface area is 162 Å². The summed E-state index contributed by atoms with van der Waals surface area (Å²) in [6, 6.07) is 12.0. The van der Waals surface area contributed by atoms with Crippen LogP contribution in [0.25, 0.3) is 6.08 Å². The summed E-state index contributed by atoms with van der Waals surface area (Å²) in [5, 5.41) is 2.62. The highest BCUT2D eigenvalue weighted by Gasteiger charge is 2.20. The summed E-state index contributed by atoms with van der Waals surface area (Å²) in [6.45, 7) is 3.62. The molecular formula is C21H21NO6. The van der Waals surface area contributed by atoms with Crippen LogP contribution < -0.4 is 19.5 Å². The third-order valence-electron chi connectivity index (χ3n) is 3.87. The van der Waals surface area contributed by atoms with Gasteiger partial charge in [0.25, 0.3) is 5.91 Å². The molecule has 1 heterocycles. The van der Waals surface area contributed by atoms with Gasteiger partial charge in [-0.1, -0.05) is 18.2 Å². The molecule has 1 amide bonds. The number of esters is 1. The van der Waals surface area contributed by atoms with Crippen molar-refractivity contribution in [1.82, 2.24) is 5.32 Å². The van der Waals surface area contributed by atoms with Gasteiger partial charge in [-0.05, 0) is 49.8 Å². The first-order valence-corrected chi connectivity index (χ1v) is 8.74. The van der Waals surface area contributed by atoms with Gasteiger partial charge in [0.1, 0.15) is 11.4 Å². The van der Waals surface area contributed by atoms with Crippen LogP contribution in [0, 0.1) is 0 Å². The van der Waals surface area contributed by atoms with Crippen LogP contribution in [0.2, 0.25) is 0 Å². The molecule has 0 atom stereocenters. The molecule has 7 heteroatoms. The summed E-state index contributed by atoms with van der Waals surface area (Å²) in [7, 11) is 1.47. The minimum atomic E-state index is -0.643. The van der Waals surface area contributed by atoms with Crippen molar-refractivity contribution in [3.63, 3.8) is 0 Å². The van der Waals surface area contributed by atoms with Gasteiger partial charge in [-0.25, -0.2) is 4.79 Å². The quantitative estimate of drug-likeness (QED) is 0.610. The Bertz CT molecular complexity index is 919. The average molecular weight is 383 g/mol. The molecule has 1 aliphatic rings. The van der Waals surface area contributed by atoms with Gasteiger partial charge in [-0.2, -0.15) is 0 Å². The van der Waals surface area contributed by atoms with Gasteiger partial charge < -0.3 is 24.3 Å². The van der Waals surface area contributed by atoms with Crippen molar-refractivity contribution in [1.29, 1.82) is 0 Å². The van der Waals surface area contributed by atoms with Crippen molar-refractivity contribution in [2.75, 3.05) is 13.9 Å². The molecule has 2 aromatic carbocycles. The van der Waals surface area contributed by atoms with Crippen LogP contribution >= 0.6 is 0 Å². The lowest BCUT2D eigenvalue weighted by molar-refractivity contribution is -0.142. The second-order valence-corrected chi connectivity index (χ2v) is 6.28. The fourth-order valence-corrected chi connectivity index (χ4v) is 2.62. The number of benzene rings is 2. The molecule has 0 aliphatic carbocycles. The van der Waals surface area contributed by atoms with Crippen LogP contribution in [0.15, 0.2) is 48.2 Å². The van der Waals surface area contributed by atoms with E-state index < -0.39 is 11.9 Å². The SMILES string of the molecule is COc1ccccc1C(=O)NC(=Cc1ccc2c(c1)OCO2)C(=O)OC(C)C. The van der Waals surface area contributed by atoms with Gasteiger partial charge in [0, 0.05) is 0 Å². The monoisotopic (exact) mass is 383 g/mol. The maximum Gasteiger partial charge on any atom is 0.355 e. The molecule has 0 aromatic heterocycles. The topological polar surface area (TPSA) is 83.1 Å². The molecule has 1 N–H and O–H groups in total. The third-order valence-corrected chi connectivity index (χ3v) is 3.87. The Hall–Kier alpha value is -3.48. The Morgan fingerprint density at radius 3 is 2.61 bits per heavy atom. The molecule has 2 aromatic rings. The number of carbonyl (C=O) groups is 2. The van der Waals surface area contributed by atoms with Gasteiger partial charge in [0.05, 0.1) is 18.8 Å². The van der Waals surface area contributed by atoms with Crippen molar-refractivity contribution < 1.29 is 28.5 Å². The molecular weight excluding hydrogens is 362 g/mol. The first kappa shape index (κ1) is 19.3. The van der Waals surface area contributed by atoms with Crippen molar-refractivity contribution in [2.24, 2.45) is 0 Å². The Balaban J connectivity index is 1.90. The zero-order valence-corrected chi connectivity index (χ0v) is 15.9. The van der Waals surface area contributed by atoms with Crippen molar-refractivity contribution in [2.45, 2.75) is 20.0 Å². The second-order valence-electron chi connectivity index (χ2n) is 6.28. The lowest BCUT2D eigenvalue weighted by Crippen LogP contribution is -2.30. The number of para-hydroxylation sites is 1. The van der Waals surface area contributed by atoms with E-state index in [0.717, 1.165) is 0 Å². The van der Waals surface area contributed by atoms with E-state index in [-0.39, 0.29) is 18.6 Å². The first-order chi connectivity index (χ1) is 13.5. The predicted molar refractivity (Wildman–Crippen MR) is 102 cm³/mol. The molecule has 0 saturated heterocycles. The largest absolute Gasteiger partial charge is 0.496 e. The minimum absolute atomic E-state index is 0.00321. The summed E-state index contributed by atoms with van der Waals surface area (Å²) in [6.07, 6.45) is 1.19. The van der Waals surface area contributed by atoms with Crippen LogP contribution in [0.4, 0.5) is 0 Å². The molecule has 146 valence electrons. The van der Waals surface area contributed by atoms with Gasteiger partial charge >= 0.3 is 5.97 Å². The van der Waals surface area contributed by atoms with E-state index >= 15 is 0 Å². The Morgan fingerprint density at radius 2 is 1.86 bits per heavy atom. The maximum atomic E-state index is 12.7. The van der Waals surface area contributed by atoms with Gasteiger partial charge in [0.2, 0.25) is 6.79 Å². The molecule has 0 bridgehead atoms. The van der Waals surface area contributed by atoms with E-state index in [9.17, 15) is 9.59 Å². The van der Waals surface area contributed by atoms with Crippen LogP contribution in [0.1, 0.15) is 29.8 Å². The molecule has 0 unspecified atom stereocenters. The zero-order valence-electron chi connectivity index (χ0n) is 15.9. The first-order valence-electron chi connectivity index (χ1n) is 8.74. The minimum Gasteiger partial charge on any atom is -0.496 e. The van der Waals surface area contributed by atoms with Crippen LogP contribution in [-0.4, -0.2) is 31.9 Å². The van der Waals surface area contributed by atoms with E-state index in [1.54, 1.807) is 56.3 Å². The molecule has 28 heavy (non-hydrogen) atoms. The van der Waals surface area contributed by atoms with Crippen LogP contribution in [0.3, 0.4) is 0 Å². The maximum absolute atomic E-state index is 12.7. The van der Waals surface area contributed by atoms with Gasteiger partial charge in [-0.15, -0.1) is 0 Å². The van der Waals surface area contributed by atoms with E-state index in [2.05, 4.69) is 5.32 Å². The van der Waals surface area contributed by atoms with Crippen LogP contribution in [0.5, 0.6) is 17.2 Å². The standard InChI is InChI=1S/C21H21NO6/c1-13(2)28-21(24)16(10-14-8-9-18-19(11-14)27-12-26-18)22-20(23)15-6-4-5-7-17(15)25-3/h4-11,13H,12H2,1-3H3,(H,22,23).